The van der Waals surface area contributed by atoms with E-state index in [1.54, 1.807) is 36.4 Å². The molecule has 0 aliphatic rings. The molecule has 3 rings (SSSR count). The molecule has 0 unspecified atom stereocenters. The van der Waals surface area contributed by atoms with E-state index in [2.05, 4.69) is 47.7 Å². The van der Waals surface area contributed by atoms with E-state index >= 15 is 0 Å². The number of hydrazone groups is 1. The number of carbonyl (C=O) groups is 2. The molecule has 0 bridgehead atoms. The molecule has 0 spiro atoms. The molecule has 0 aliphatic heterocycles. The Morgan fingerprint density at radius 2 is 1.66 bits per heavy atom. The standard InChI is InChI=1S/C23H19Br2N3O4/c1-31-20-10-7-14(11-21(20)32-2)22(29)27-19-9-8-16(24)12-17(19)23(30)28-26-13-15-5-3-4-6-18(15)25/h3-13H,1-2H3,(H,27,29)(H,28,30)/b26-13+. The molecule has 2 N–H and O–H groups in total. The quantitative estimate of drug-likeness (QED) is 0.305. The fourth-order valence-corrected chi connectivity index (χ4v) is 3.53. The zero-order valence-corrected chi connectivity index (χ0v) is 20.4. The Morgan fingerprint density at radius 3 is 2.38 bits per heavy atom. The van der Waals surface area contributed by atoms with E-state index in [1.807, 2.05) is 24.3 Å². The van der Waals surface area contributed by atoms with Crippen molar-refractivity contribution in [3.05, 3.63) is 86.3 Å². The Labute approximate surface area is 202 Å². The van der Waals surface area contributed by atoms with Crippen LogP contribution in [0.5, 0.6) is 11.5 Å². The van der Waals surface area contributed by atoms with E-state index in [0.717, 1.165) is 10.0 Å². The fraction of sp³-hybridized carbons (Fsp3) is 0.0870. The van der Waals surface area contributed by atoms with Gasteiger partial charge in [0.05, 0.1) is 31.7 Å². The second kappa shape index (κ2) is 10.9. The van der Waals surface area contributed by atoms with Crippen molar-refractivity contribution in [3.8, 4) is 11.5 Å². The Kier molecular flexibility index (Phi) is 8.02. The molecule has 164 valence electrons. The maximum atomic E-state index is 12.8. The highest BCUT2D eigenvalue weighted by Crippen LogP contribution is 2.28. The molecule has 0 aromatic heterocycles. The average Bonchev–Trinajstić information content (AvgIpc) is 2.80. The second-order valence-corrected chi connectivity index (χ2v) is 8.20. The minimum Gasteiger partial charge on any atom is -0.493 e. The minimum absolute atomic E-state index is 0.248. The predicted octanol–water partition coefficient (Wildman–Crippen LogP) is 5.25. The summed E-state index contributed by atoms with van der Waals surface area (Å²) in [6.07, 6.45) is 1.53. The Hall–Kier alpha value is -3.17. The number of nitrogens with one attached hydrogen (secondary N) is 2. The van der Waals surface area contributed by atoms with Crippen molar-refractivity contribution in [3.63, 3.8) is 0 Å². The number of carbonyl (C=O) groups excluding carboxylic acids is 2. The molecule has 0 heterocycles. The van der Waals surface area contributed by atoms with Crippen molar-refractivity contribution in [2.75, 3.05) is 19.5 Å². The summed E-state index contributed by atoms with van der Waals surface area (Å²) in [6.45, 7) is 0. The summed E-state index contributed by atoms with van der Waals surface area (Å²) in [7, 11) is 3.01. The van der Waals surface area contributed by atoms with Crippen molar-refractivity contribution in [1.29, 1.82) is 0 Å². The van der Waals surface area contributed by atoms with E-state index in [1.165, 1.54) is 20.4 Å². The molecule has 0 atom stereocenters. The second-order valence-electron chi connectivity index (χ2n) is 6.43. The fourth-order valence-electron chi connectivity index (χ4n) is 2.79. The van der Waals surface area contributed by atoms with Gasteiger partial charge in [-0.15, -0.1) is 0 Å². The smallest absolute Gasteiger partial charge is 0.273 e. The number of hydrogen-bond donors (Lipinski definition) is 2. The third kappa shape index (κ3) is 5.74. The number of rotatable bonds is 7. The van der Waals surface area contributed by atoms with Crippen molar-refractivity contribution in [2.24, 2.45) is 5.10 Å². The van der Waals surface area contributed by atoms with Crippen LogP contribution in [-0.4, -0.2) is 32.2 Å². The van der Waals surface area contributed by atoms with Gasteiger partial charge in [-0.05, 0) is 42.5 Å². The van der Waals surface area contributed by atoms with E-state index in [4.69, 9.17) is 9.47 Å². The van der Waals surface area contributed by atoms with Gasteiger partial charge in [0.25, 0.3) is 11.8 Å². The Balaban J connectivity index is 1.79. The van der Waals surface area contributed by atoms with Gasteiger partial charge in [-0.2, -0.15) is 5.10 Å². The molecule has 7 nitrogen and oxygen atoms in total. The SMILES string of the molecule is COc1ccc(C(=O)Nc2ccc(Br)cc2C(=O)N/N=C/c2ccccc2Br)cc1OC. The molecular weight excluding hydrogens is 542 g/mol. The molecule has 0 fully saturated rings. The van der Waals surface area contributed by atoms with Gasteiger partial charge in [0.1, 0.15) is 0 Å². The monoisotopic (exact) mass is 559 g/mol. The van der Waals surface area contributed by atoms with Crippen LogP contribution in [0.25, 0.3) is 0 Å². The number of benzene rings is 3. The van der Waals surface area contributed by atoms with Crippen LogP contribution < -0.4 is 20.2 Å². The summed E-state index contributed by atoms with van der Waals surface area (Å²) < 4.78 is 12.0. The average molecular weight is 561 g/mol. The van der Waals surface area contributed by atoms with Crippen molar-refractivity contribution < 1.29 is 19.1 Å². The van der Waals surface area contributed by atoms with Gasteiger partial charge in [-0.3, -0.25) is 9.59 Å². The van der Waals surface area contributed by atoms with E-state index in [-0.39, 0.29) is 5.56 Å². The number of ether oxygens (including phenoxy) is 2. The molecule has 3 aromatic rings. The maximum Gasteiger partial charge on any atom is 0.273 e. The predicted molar refractivity (Wildman–Crippen MR) is 131 cm³/mol. The number of methoxy groups -OCH3 is 2. The van der Waals surface area contributed by atoms with Crippen LogP contribution in [0.3, 0.4) is 0 Å². The van der Waals surface area contributed by atoms with Gasteiger partial charge in [0, 0.05) is 20.1 Å². The van der Waals surface area contributed by atoms with Crippen molar-refractivity contribution >= 4 is 55.6 Å². The van der Waals surface area contributed by atoms with Gasteiger partial charge in [-0.25, -0.2) is 5.43 Å². The van der Waals surface area contributed by atoms with Crippen LogP contribution in [0.2, 0.25) is 0 Å². The number of hydrogen-bond acceptors (Lipinski definition) is 5. The first kappa shape index (κ1) is 23.5. The molecule has 0 saturated heterocycles. The van der Waals surface area contributed by atoms with Gasteiger partial charge < -0.3 is 14.8 Å². The van der Waals surface area contributed by atoms with Gasteiger partial charge in [-0.1, -0.05) is 50.1 Å². The zero-order chi connectivity index (χ0) is 23.1. The van der Waals surface area contributed by atoms with E-state index < -0.39 is 11.8 Å². The number of amides is 2. The van der Waals surface area contributed by atoms with Gasteiger partial charge in [0.2, 0.25) is 0 Å². The molecule has 0 saturated carbocycles. The first-order chi connectivity index (χ1) is 15.4. The first-order valence-corrected chi connectivity index (χ1v) is 10.9. The summed E-state index contributed by atoms with van der Waals surface area (Å²) in [6, 6.07) is 17.3. The molecule has 0 radical (unpaired) electrons. The first-order valence-electron chi connectivity index (χ1n) is 9.33. The minimum atomic E-state index is -0.475. The number of anilines is 1. The molecule has 2 amide bonds. The maximum absolute atomic E-state index is 12.8. The van der Waals surface area contributed by atoms with Crippen molar-refractivity contribution in [1.82, 2.24) is 5.43 Å². The third-order valence-corrected chi connectivity index (χ3v) is 5.61. The highest BCUT2D eigenvalue weighted by Gasteiger charge is 2.16. The summed E-state index contributed by atoms with van der Waals surface area (Å²) in [4.78, 5) is 25.5. The lowest BCUT2D eigenvalue weighted by atomic mass is 10.1. The van der Waals surface area contributed by atoms with Crippen LogP contribution in [0.15, 0.2) is 74.7 Å². The van der Waals surface area contributed by atoms with Crippen LogP contribution >= 0.6 is 31.9 Å². The molecular formula is C23H19Br2N3O4. The largest absolute Gasteiger partial charge is 0.493 e. The summed E-state index contributed by atoms with van der Waals surface area (Å²) in [5.41, 5.74) is 4.23. The summed E-state index contributed by atoms with van der Waals surface area (Å²) in [5, 5.41) is 6.78. The molecule has 9 heteroatoms. The Bertz CT molecular complexity index is 1180. The highest BCUT2D eigenvalue weighted by atomic mass is 79.9. The van der Waals surface area contributed by atoms with Crippen molar-refractivity contribution in [2.45, 2.75) is 0 Å². The lowest BCUT2D eigenvalue weighted by Crippen LogP contribution is -2.21. The highest BCUT2D eigenvalue weighted by molar-refractivity contribution is 9.10. The molecule has 32 heavy (non-hydrogen) atoms. The number of halogens is 2. The third-order valence-electron chi connectivity index (χ3n) is 4.40. The van der Waals surface area contributed by atoms with Crippen LogP contribution in [-0.2, 0) is 0 Å². The van der Waals surface area contributed by atoms with E-state index in [9.17, 15) is 9.59 Å². The van der Waals surface area contributed by atoms with E-state index in [0.29, 0.717) is 27.2 Å². The normalized spacial score (nSPS) is 10.6. The summed E-state index contributed by atoms with van der Waals surface area (Å²) >= 11 is 6.78. The molecule has 3 aromatic carbocycles. The topological polar surface area (TPSA) is 89.0 Å². The zero-order valence-electron chi connectivity index (χ0n) is 17.2. The van der Waals surface area contributed by atoms with Crippen LogP contribution in [0, 0.1) is 0 Å². The lowest BCUT2D eigenvalue weighted by Gasteiger charge is -2.12. The number of nitrogens with zero attached hydrogens (tertiary/aromatic N) is 1. The Morgan fingerprint density at radius 1 is 0.906 bits per heavy atom. The van der Waals surface area contributed by atoms with Crippen LogP contribution in [0.1, 0.15) is 26.3 Å². The van der Waals surface area contributed by atoms with Gasteiger partial charge in [0.15, 0.2) is 11.5 Å². The van der Waals surface area contributed by atoms with Gasteiger partial charge >= 0.3 is 0 Å². The molecule has 0 aliphatic carbocycles. The lowest BCUT2D eigenvalue weighted by molar-refractivity contribution is 0.0956. The summed E-state index contributed by atoms with van der Waals surface area (Å²) in [5.74, 6) is 0.0577. The van der Waals surface area contributed by atoms with Crippen LogP contribution in [0.4, 0.5) is 5.69 Å².